The van der Waals surface area contributed by atoms with E-state index in [-0.39, 0.29) is 17.6 Å². The quantitative estimate of drug-likeness (QED) is 0.772. The lowest BCUT2D eigenvalue weighted by molar-refractivity contribution is -0.115. The molecule has 1 aliphatic heterocycles. The first-order valence-electron chi connectivity index (χ1n) is 7.57. The molecular formula is C15H16ClN5O2S2. The molecule has 1 aromatic carbocycles. The lowest BCUT2D eigenvalue weighted by Gasteiger charge is -2.34. The molecule has 132 valence electrons. The fourth-order valence-corrected chi connectivity index (χ4v) is 4.15. The number of rotatable bonds is 5. The van der Waals surface area contributed by atoms with Gasteiger partial charge in [0.2, 0.25) is 11.0 Å². The summed E-state index contributed by atoms with van der Waals surface area (Å²) in [6, 6.07) is 6.92. The standard InChI is InChI=1S/C15H16ClN5O2S2/c16-11-3-1-10(2-4-11)13(23)20-5-7-21(8-6-20)14-18-19-15(25-14)24-9-12(17)22/h1-4H,5-9H2,(H2,17,22). The van der Waals surface area contributed by atoms with Gasteiger partial charge in [-0.05, 0) is 24.3 Å². The number of primary amides is 1. The number of nitrogens with two attached hydrogens (primary N) is 1. The number of thioether (sulfide) groups is 1. The summed E-state index contributed by atoms with van der Waals surface area (Å²) in [6.45, 7) is 2.61. The van der Waals surface area contributed by atoms with Gasteiger partial charge in [0.1, 0.15) is 0 Å². The Kier molecular flexibility index (Phi) is 5.77. The molecule has 7 nitrogen and oxygen atoms in total. The van der Waals surface area contributed by atoms with Gasteiger partial charge >= 0.3 is 0 Å². The van der Waals surface area contributed by atoms with Crippen molar-refractivity contribution >= 4 is 51.6 Å². The number of hydrogen-bond acceptors (Lipinski definition) is 7. The first-order chi connectivity index (χ1) is 12.0. The predicted octanol–water partition coefficient (Wildman–Crippen LogP) is 1.73. The zero-order valence-electron chi connectivity index (χ0n) is 13.2. The molecule has 0 atom stereocenters. The number of carbonyl (C=O) groups is 2. The number of amides is 2. The van der Waals surface area contributed by atoms with Gasteiger partial charge in [-0.1, -0.05) is 34.7 Å². The summed E-state index contributed by atoms with van der Waals surface area (Å²) in [4.78, 5) is 27.2. The fraction of sp³-hybridized carbons (Fsp3) is 0.333. The highest BCUT2D eigenvalue weighted by atomic mass is 35.5. The number of nitrogens with zero attached hydrogens (tertiary/aromatic N) is 4. The van der Waals surface area contributed by atoms with E-state index in [2.05, 4.69) is 15.1 Å². The van der Waals surface area contributed by atoms with E-state index in [1.165, 1.54) is 23.1 Å². The zero-order chi connectivity index (χ0) is 17.8. The van der Waals surface area contributed by atoms with Crippen LogP contribution in [0.2, 0.25) is 5.02 Å². The smallest absolute Gasteiger partial charge is 0.253 e. The summed E-state index contributed by atoms with van der Waals surface area (Å²) in [5, 5.41) is 9.63. The Bertz CT molecular complexity index is 760. The second-order valence-corrected chi connectivity index (χ2v) is 8.01. The maximum atomic E-state index is 12.5. The van der Waals surface area contributed by atoms with Gasteiger partial charge in [-0.3, -0.25) is 9.59 Å². The van der Waals surface area contributed by atoms with Crippen molar-refractivity contribution in [1.82, 2.24) is 15.1 Å². The summed E-state index contributed by atoms with van der Waals surface area (Å²) < 4.78 is 0.716. The van der Waals surface area contributed by atoms with Crippen LogP contribution in [-0.2, 0) is 4.79 Å². The first-order valence-corrected chi connectivity index (χ1v) is 9.75. The molecule has 1 aliphatic rings. The van der Waals surface area contributed by atoms with E-state index >= 15 is 0 Å². The van der Waals surface area contributed by atoms with Crippen molar-refractivity contribution in [3.63, 3.8) is 0 Å². The Morgan fingerprint density at radius 3 is 2.48 bits per heavy atom. The average molecular weight is 398 g/mol. The Morgan fingerprint density at radius 2 is 1.84 bits per heavy atom. The van der Waals surface area contributed by atoms with Gasteiger partial charge < -0.3 is 15.5 Å². The van der Waals surface area contributed by atoms with E-state index in [0.717, 1.165) is 5.13 Å². The first kappa shape index (κ1) is 18.0. The molecule has 0 unspecified atom stereocenters. The largest absolute Gasteiger partial charge is 0.369 e. The summed E-state index contributed by atoms with van der Waals surface area (Å²) in [7, 11) is 0. The van der Waals surface area contributed by atoms with Crippen molar-refractivity contribution in [3.05, 3.63) is 34.9 Å². The van der Waals surface area contributed by atoms with E-state index < -0.39 is 0 Å². The topological polar surface area (TPSA) is 92.4 Å². The van der Waals surface area contributed by atoms with Crippen molar-refractivity contribution in [2.75, 3.05) is 36.8 Å². The van der Waals surface area contributed by atoms with Crippen LogP contribution in [0.25, 0.3) is 0 Å². The van der Waals surface area contributed by atoms with Gasteiger partial charge in [0, 0.05) is 36.8 Å². The van der Waals surface area contributed by atoms with E-state index in [4.69, 9.17) is 17.3 Å². The molecule has 3 rings (SSSR count). The lowest BCUT2D eigenvalue weighted by Crippen LogP contribution is -2.48. The monoisotopic (exact) mass is 397 g/mol. The van der Waals surface area contributed by atoms with Gasteiger partial charge in [-0.25, -0.2) is 0 Å². The normalized spacial score (nSPS) is 14.6. The highest BCUT2D eigenvalue weighted by Crippen LogP contribution is 2.28. The molecule has 25 heavy (non-hydrogen) atoms. The maximum Gasteiger partial charge on any atom is 0.253 e. The molecule has 0 saturated carbocycles. The Hall–Kier alpha value is -1.84. The van der Waals surface area contributed by atoms with Crippen LogP contribution < -0.4 is 10.6 Å². The van der Waals surface area contributed by atoms with Crippen LogP contribution >= 0.6 is 34.7 Å². The third-order valence-corrected chi connectivity index (χ3v) is 6.05. The Morgan fingerprint density at radius 1 is 1.16 bits per heavy atom. The Balaban J connectivity index is 1.55. The van der Waals surface area contributed by atoms with Gasteiger partial charge in [0.05, 0.1) is 5.75 Å². The number of carbonyl (C=O) groups excluding carboxylic acids is 2. The molecule has 1 fully saturated rings. The zero-order valence-corrected chi connectivity index (χ0v) is 15.6. The summed E-state index contributed by atoms with van der Waals surface area (Å²) in [5.41, 5.74) is 5.77. The minimum Gasteiger partial charge on any atom is -0.369 e. The third kappa shape index (κ3) is 4.62. The van der Waals surface area contributed by atoms with Gasteiger partial charge in [-0.2, -0.15) is 0 Å². The fourth-order valence-electron chi connectivity index (χ4n) is 2.40. The van der Waals surface area contributed by atoms with Crippen molar-refractivity contribution in [2.45, 2.75) is 4.34 Å². The third-order valence-electron chi connectivity index (χ3n) is 3.66. The minimum atomic E-state index is -0.379. The molecule has 0 bridgehead atoms. The summed E-state index contributed by atoms with van der Waals surface area (Å²) >= 11 is 8.58. The van der Waals surface area contributed by atoms with Crippen LogP contribution in [0.4, 0.5) is 5.13 Å². The molecule has 1 aromatic heterocycles. The number of halogens is 1. The number of aromatic nitrogens is 2. The second-order valence-electron chi connectivity index (χ2n) is 5.39. The van der Waals surface area contributed by atoms with Crippen LogP contribution in [0, 0.1) is 0 Å². The molecule has 2 heterocycles. The molecule has 2 amide bonds. The van der Waals surface area contributed by atoms with E-state index in [9.17, 15) is 9.59 Å². The van der Waals surface area contributed by atoms with E-state index in [0.29, 0.717) is 41.1 Å². The van der Waals surface area contributed by atoms with E-state index in [1.54, 1.807) is 24.3 Å². The van der Waals surface area contributed by atoms with Crippen LogP contribution in [0.15, 0.2) is 28.6 Å². The maximum absolute atomic E-state index is 12.5. The Labute approximate surface area is 158 Å². The summed E-state index contributed by atoms with van der Waals surface area (Å²) in [6.07, 6.45) is 0. The average Bonchev–Trinajstić information content (AvgIpc) is 3.09. The second kappa shape index (κ2) is 8.03. The molecule has 0 radical (unpaired) electrons. The van der Waals surface area contributed by atoms with E-state index in [1.807, 2.05) is 4.90 Å². The van der Waals surface area contributed by atoms with Crippen LogP contribution in [0.3, 0.4) is 0 Å². The van der Waals surface area contributed by atoms with Crippen LogP contribution in [0.5, 0.6) is 0 Å². The number of piperazine rings is 1. The number of hydrogen-bond donors (Lipinski definition) is 1. The van der Waals surface area contributed by atoms with Gasteiger partial charge in [-0.15, -0.1) is 10.2 Å². The highest BCUT2D eigenvalue weighted by molar-refractivity contribution is 8.01. The highest BCUT2D eigenvalue weighted by Gasteiger charge is 2.24. The molecule has 0 aliphatic carbocycles. The molecule has 2 N–H and O–H groups in total. The molecule has 2 aromatic rings. The van der Waals surface area contributed by atoms with Crippen molar-refractivity contribution in [2.24, 2.45) is 5.73 Å². The molecule has 10 heteroatoms. The van der Waals surface area contributed by atoms with Gasteiger partial charge in [0.25, 0.3) is 5.91 Å². The predicted molar refractivity (Wildman–Crippen MR) is 99.4 cm³/mol. The molecular weight excluding hydrogens is 382 g/mol. The van der Waals surface area contributed by atoms with Crippen molar-refractivity contribution in [1.29, 1.82) is 0 Å². The van der Waals surface area contributed by atoms with Gasteiger partial charge in [0.15, 0.2) is 4.34 Å². The van der Waals surface area contributed by atoms with Crippen LogP contribution in [-0.4, -0.2) is 58.8 Å². The van der Waals surface area contributed by atoms with Crippen molar-refractivity contribution < 1.29 is 9.59 Å². The lowest BCUT2D eigenvalue weighted by atomic mass is 10.2. The molecule has 1 saturated heterocycles. The minimum absolute atomic E-state index is 0.00582. The number of anilines is 1. The van der Waals surface area contributed by atoms with Crippen LogP contribution in [0.1, 0.15) is 10.4 Å². The molecule has 0 spiro atoms. The van der Waals surface area contributed by atoms with Crippen molar-refractivity contribution in [3.8, 4) is 0 Å². The SMILES string of the molecule is NC(=O)CSc1nnc(N2CCN(C(=O)c3ccc(Cl)cc3)CC2)s1. The number of benzene rings is 1. The summed E-state index contributed by atoms with van der Waals surface area (Å²) in [5.74, 6) is -0.180.